The van der Waals surface area contributed by atoms with Crippen LogP contribution < -0.4 is 0 Å². The summed E-state index contributed by atoms with van der Waals surface area (Å²) in [4.78, 5) is 9.93. The molecule has 1 aromatic rings. The molecule has 0 unspecified atom stereocenters. The number of hydrogen-bond donors (Lipinski definition) is 1. The number of carbonyl (C=O) groups is 1. The normalized spacial score (nSPS) is 11.5. The van der Waals surface area contributed by atoms with Crippen molar-refractivity contribution in [2.75, 3.05) is 0 Å². The van der Waals surface area contributed by atoms with E-state index in [9.17, 15) is 13.6 Å². The van der Waals surface area contributed by atoms with Gasteiger partial charge in [-0.1, -0.05) is 11.3 Å². The van der Waals surface area contributed by atoms with Gasteiger partial charge >= 0.3 is 11.2 Å². The Morgan fingerprint density at radius 2 is 2.42 bits per heavy atom. The monoisotopic (exact) mass is 212 g/mol. The highest BCUT2D eigenvalue weighted by atomic mass is 32.2. The first-order chi connectivity index (χ1) is 5.52. The summed E-state index contributed by atoms with van der Waals surface area (Å²) in [5.41, 5.74) is 1.25. The minimum Gasteiger partial charge on any atom is -0.476 e. The summed E-state index contributed by atoms with van der Waals surface area (Å²) in [6.07, 6.45) is 0. The van der Waals surface area contributed by atoms with E-state index in [1.54, 1.807) is 0 Å². The van der Waals surface area contributed by atoms with Crippen molar-refractivity contribution >= 4 is 29.1 Å². The summed E-state index contributed by atoms with van der Waals surface area (Å²) in [7, 11) is 0. The molecule has 66 valence electrons. The molecule has 0 aliphatic carbocycles. The summed E-state index contributed by atoms with van der Waals surface area (Å²) < 4.78 is 24.8. The fraction of sp³-hybridized carbons (Fsp3) is 0.250. The zero-order valence-electron chi connectivity index (χ0n) is 5.40. The maximum Gasteiger partial charge on any atom is 0.395 e. The Morgan fingerprint density at radius 1 is 1.75 bits per heavy atom. The lowest BCUT2D eigenvalue weighted by Gasteiger charge is -2.06. The Morgan fingerprint density at radius 3 is 2.83 bits per heavy atom. The minimum atomic E-state index is -3.83. The summed E-state index contributed by atoms with van der Waals surface area (Å²) in [6, 6.07) is 0. The molecule has 4 nitrogen and oxygen atoms in total. The number of aliphatic carboxylic acids is 1. The van der Waals surface area contributed by atoms with E-state index in [1.807, 2.05) is 0 Å². The number of thioether (sulfide) groups is 1. The number of rotatable bonds is 3. The SMILES string of the molecule is O=C(O)C(F)(F)Sc1nncs1. The lowest BCUT2D eigenvalue weighted by Crippen LogP contribution is -2.23. The summed E-state index contributed by atoms with van der Waals surface area (Å²) >= 11 is 0.737. The first-order valence-electron chi connectivity index (χ1n) is 2.59. The molecule has 0 radical (unpaired) electrons. The highest BCUT2D eigenvalue weighted by Crippen LogP contribution is 2.36. The summed E-state index contributed by atoms with van der Waals surface area (Å²) in [5, 5.41) is 10.8. The van der Waals surface area contributed by atoms with Crippen LogP contribution in [0.25, 0.3) is 0 Å². The highest BCUT2D eigenvalue weighted by Gasteiger charge is 2.41. The Balaban J connectivity index is 2.69. The minimum absolute atomic E-state index is 0.0672. The van der Waals surface area contributed by atoms with Gasteiger partial charge in [0.15, 0.2) is 4.34 Å². The van der Waals surface area contributed by atoms with E-state index in [0.29, 0.717) is 0 Å². The number of carboxylic acid groups (broad SMARTS) is 1. The molecule has 1 rings (SSSR count). The molecule has 0 bridgehead atoms. The van der Waals surface area contributed by atoms with E-state index in [1.165, 1.54) is 5.51 Å². The Hall–Kier alpha value is -0.760. The molecule has 12 heavy (non-hydrogen) atoms. The van der Waals surface area contributed by atoms with Crippen LogP contribution in [0.3, 0.4) is 0 Å². The third-order valence-electron chi connectivity index (χ3n) is 0.805. The van der Waals surface area contributed by atoms with E-state index >= 15 is 0 Å². The van der Waals surface area contributed by atoms with Crippen LogP contribution in [0.2, 0.25) is 0 Å². The molecule has 1 aromatic heterocycles. The van der Waals surface area contributed by atoms with Gasteiger partial charge in [-0.15, -0.1) is 10.2 Å². The van der Waals surface area contributed by atoms with E-state index in [4.69, 9.17) is 5.11 Å². The highest BCUT2D eigenvalue weighted by molar-refractivity contribution is 8.02. The molecule has 0 spiro atoms. The van der Waals surface area contributed by atoms with E-state index < -0.39 is 11.2 Å². The molecule has 8 heteroatoms. The van der Waals surface area contributed by atoms with E-state index in [-0.39, 0.29) is 16.1 Å². The van der Waals surface area contributed by atoms with Crippen LogP contribution in [0.15, 0.2) is 9.85 Å². The van der Waals surface area contributed by atoms with Crippen LogP contribution >= 0.6 is 23.1 Å². The number of nitrogens with zero attached hydrogens (tertiary/aromatic N) is 2. The number of aromatic nitrogens is 2. The van der Waals surface area contributed by atoms with Crippen LogP contribution in [-0.4, -0.2) is 26.5 Å². The second-order valence-corrected chi connectivity index (χ2v) is 3.82. The molecule has 0 saturated heterocycles. The van der Waals surface area contributed by atoms with Crippen LogP contribution in [0, 0.1) is 0 Å². The second kappa shape index (κ2) is 3.31. The van der Waals surface area contributed by atoms with Crippen molar-refractivity contribution < 1.29 is 18.7 Å². The fourth-order valence-corrected chi connectivity index (χ4v) is 1.67. The quantitative estimate of drug-likeness (QED) is 0.765. The van der Waals surface area contributed by atoms with Crippen molar-refractivity contribution in [3.63, 3.8) is 0 Å². The zero-order chi connectivity index (χ0) is 9.19. The van der Waals surface area contributed by atoms with E-state index in [2.05, 4.69) is 10.2 Å². The van der Waals surface area contributed by atoms with Gasteiger partial charge < -0.3 is 5.11 Å². The number of carboxylic acids is 1. The third-order valence-corrected chi connectivity index (χ3v) is 2.51. The Labute approximate surface area is 73.6 Å². The lowest BCUT2D eigenvalue weighted by atomic mass is 10.7. The van der Waals surface area contributed by atoms with Crippen molar-refractivity contribution in [1.82, 2.24) is 10.2 Å². The van der Waals surface area contributed by atoms with Crippen molar-refractivity contribution in [1.29, 1.82) is 0 Å². The average Bonchev–Trinajstić information content (AvgIpc) is 2.38. The fourth-order valence-electron chi connectivity index (χ4n) is 0.361. The predicted molar refractivity (Wildman–Crippen MR) is 38.3 cm³/mol. The van der Waals surface area contributed by atoms with Gasteiger partial charge in [-0.05, 0) is 11.8 Å². The van der Waals surface area contributed by atoms with E-state index in [0.717, 1.165) is 11.3 Å². The van der Waals surface area contributed by atoms with Crippen molar-refractivity contribution in [3.8, 4) is 0 Å². The van der Waals surface area contributed by atoms with Gasteiger partial charge in [-0.2, -0.15) is 8.78 Å². The zero-order valence-corrected chi connectivity index (χ0v) is 7.03. The van der Waals surface area contributed by atoms with Gasteiger partial charge in [-0.25, -0.2) is 4.79 Å². The predicted octanol–water partition coefficient (Wildman–Crippen LogP) is 1.31. The van der Waals surface area contributed by atoms with Crippen molar-refractivity contribution in [2.24, 2.45) is 0 Å². The van der Waals surface area contributed by atoms with Crippen LogP contribution in [0.5, 0.6) is 0 Å². The van der Waals surface area contributed by atoms with Crippen LogP contribution in [-0.2, 0) is 4.79 Å². The van der Waals surface area contributed by atoms with Crippen molar-refractivity contribution in [3.05, 3.63) is 5.51 Å². The number of alkyl halides is 2. The number of hydrogen-bond acceptors (Lipinski definition) is 5. The standard InChI is InChI=1S/C4H2F2N2O2S2/c5-4(6,2(9)10)12-3-8-7-1-11-3/h1H,(H,9,10). The van der Waals surface area contributed by atoms with Crippen LogP contribution in [0.4, 0.5) is 8.78 Å². The van der Waals surface area contributed by atoms with Gasteiger partial charge in [0.25, 0.3) is 0 Å². The molecule has 0 aliphatic heterocycles. The molecule has 0 aliphatic rings. The maximum atomic E-state index is 12.4. The molecular weight excluding hydrogens is 210 g/mol. The Bertz CT molecular complexity index is 277. The first kappa shape index (κ1) is 9.33. The lowest BCUT2D eigenvalue weighted by molar-refractivity contribution is -0.152. The van der Waals surface area contributed by atoms with Crippen LogP contribution in [0.1, 0.15) is 0 Å². The van der Waals surface area contributed by atoms with Gasteiger partial charge in [0.1, 0.15) is 5.51 Å². The Kier molecular flexibility index (Phi) is 2.58. The molecule has 0 atom stereocenters. The summed E-state index contributed by atoms with van der Waals surface area (Å²) in [5.74, 6) is -2.18. The van der Waals surface area contributed by atoms with Gasteiger partial charge in [0.2, 0.25) is 0 Å². The molecule has 0 aromatic carbocycles. The maximum absolute atomic E-state index is 12.4. The molecular formula is C4H2F2N2O2S2. The molecule has 0 amide bonds. The molecule has 0 fully saturated rings. The summed E-state index contributed by atoms with van der Waals surface area (Å²) in [6.45, 7) is 0. The first-order valence-corrected chi connectivity index (χ1v) is 4.28. The molecule has 1 N–H and O–H groups in total. The van der Waals surface area contributed by atoms with Gasteiger partial charge in [0, 0.05) is 0 Å². The third kappa shape index (κ3) is 2.11. The molecule has 1 heterocycles. The largest absolute Gasteiger partial charge is 0.476 e. The smallest absolute Gasteiger partial charge is 0.395 e. The van der Waals surface area contributed by atoms with Crippen molar-refractivity contribution in [2.45, 2.75) is 9.59 Å². The van der Waals surface area contributed by atoms with Gasteiger partial charge in [-0.3, -0.25) is 0 Å². The second-order valence-electron chi connectivity index (χ2n) is 1.63. The topological polar surface area (TPSA) is 63.1 Å². The van der Waals surface area contributed by atoms with Gasteiger partial charge in [0.05, 0.1) is 0 Å². The molecule has 0 saturated carbocycles. The number of halogens is 2. The average molecular weight is 212 g/mol.